The van der Waals surface area contributed by atoms with Crippen molar-refractivity contribution in [3.05, 3.63) is 107 Å². The number of pyridine rings is 1. The highest BCUT2D eigenvalue weighted by molar-refractivity contribution is 6.09. The number of allylic oxidation sites excluding steroid dienone is 1. The fourth-order valence-electron chi connectivity index (χ4n) is 4.55. The molecule has 1 aliphatic carbocycles. The third-order valence-corrected chi connectivity index (χ3v) is 6.06. The van der Waals surface area contributed by atoms with Crippen molar-refractivity contribution in [2.75, 3.05) is 0 Å². The van der Waals surface area contributed by atoms with Gasteiger partial charge >= 0.3 is 0 Å². The molecule has 1 saturated carbocycles. The van der Waals surface area contributed by atoms with Gasteiger partial charge in [-0.2, -0.15) is 5.10 Å². The molecule has 0 saturated heterocycles. The van der Waals surface area contributed by atoms with Crippen molar-refractivity contribution in [2.24, 2.45) is 11.0 Å². The lowest BCUT2D eigenvalue weighted by molar-refractivity contribution is 0.0680. The number of fused-ring (bicyclic) bond motifs is 1. The lowest BCUT2D eigenvalue weighted by Crippen LogP contribution is -2.31. The Hall–Kier alpha value is -3.67. The molecule has 0 radical (unpaired) electrons. The zero-order valence-electron chi connectivity index (χ0n) is 17.3. The predicted molar refractivity (Wildman–Crippen MR) is 119 cm³/mol. The first-order valence-electron chi connectivity index (χ1n) is 10.6. The van der Waals surface area contributed by atoms with E-state index in [-0.39, 0.29) is 29.5 Å². The maximum absolute atomic E-state index is 13.6. The fraction of sp³-hybridized carbons (Fsp3) is 0.192. The molecule has 6 heteroatoms. The SMILES string of the molecule is O=C(c1ccncc1)N1N=C2/C(=C\c3ccc(F)cc3)CCC[C@@H]2[C@H]1c1ccc(F)cc1. The van der Waals surface area contributed by atoms with Crippen LogP contribution < -0.4 is 0 Å². The third kappa shape index (κ3) is 3.84. The molecule has 0 spiro atoms. The third-order valence-electron chi connectivity index (χ3n) is 6.06. The molecule has 0 N–H and O–H groups in total. The molecule has 0 bridgehead atoms. The predicted octanol–water partition coefficient (Wildman–Crippen LogP) is 5.80. The molecular weight excluding hydrogens is 408 g/mol. The van der Waals surface area contributed by atoms with Crippen molar-refractivity contribution in [3.63, 3.8) is 0 Å². The lowest BCUT2D eigenvalue weighted by atomic mass is 9.77. The van der Waals surface area contributed by atoms with Crippen molar-refractivity contribution in [2.45, 2.75) is 25.3 Å². The highest BCUT2D eigenvalue weighted by Crippen LogP contribution is 2.44. The summed E-state index contributed by atoms with van der Waals surface area (Å²) in [6, 6.07) is 15.6. The molecule has 3 aromatic rings. The van der Waals surface area contributed by atoms with E-state index < -0.39 is 0 Å². The lowest BCUT2D eigenvalue weighted by Gasteiger charge is -2.29. The number of hydrogen-bond acceptors (Lipinski definition) is 3. The first-order chi connectivity index (χ1) is 15.6. The molecule has 2 aromatic carbocycles. The average Bonchev–Trinajstić information content (AvgIpc) is 3.22. The Morgan fingerprint density at radius 1 is 0.938 bits per heavy atom. The van der Waals surface area contributed by atoms with Crippen molar-refractivity contribution in [1.29, 1.82) is 0 Å². The number of benzene rings is 2. The van der Waals surface area contributed by atoms with Crippen LogP contribution in [0, 0.1) is 17.6 Å². The number of nitrogens with zero attached hydrogens (tertiary/aromatic N) is 3. The second-order valence-electron chi connectivity index (χ2n) is 8.09. The topological polar surface area (TPSA) is 45.6 Å². The Morgan fingerprint density at radius 2 is 1.59 bits per heavy atom. The van der Waals surface area contributed by atoms with E-state index in [4.69, 9.17) is 5.10 Å². The number of aromatic nitrogens is 1. The molecule has 32 heavy (non-hydrogen) atoms. The number of carbonyl (C=O) groups is 1. The normalized spacial score (nSPS) is 21.4. The molecule has 160 valence electrons. The van der Waals surface area contributed by atoms with Gasteiger partial charge in [0.2, 0.25) is 0 Å². The van der Waals surface area contributed by atoms with Gasteiger partial charge in [-0.1, -0.05) is 24.3 Å². The van der Waals surface area contributed by atoms with Gasteiger partial charge in [0.05, 0.1) is 11.8 Å². The summed E-state index contributed by atoms with van der Waals surface area (Å²) in [5, 5.41) is 6.34. The Morgan fingerprint density at radius 3 is 2.28 bits per heavy atom. The van der Waals surface area contributed by atoms with Crippen LogP contribution in [-0.4, -0.2) is 21.6 Å². The monoisotopic (exact) mass is 429 g/mol. The van der Waals surface area contributed by atoms with Gasteiger partial charge in [0, 0.05) is 23.9 Å². The minimum Gasteiger partial charge on any atom is -0.267 e. The van der Waals surface area contributed by atoms with Crippen LogP contribution in [0.3, 0.4) is 0 Å². The van der Waals surface area contributed by atoms with E-state index in [1.54, 1.807) is 48.8 Å². The van der Waals surface area contributed by atoms with Crippen LogP contribution >= 0.6 is 0 Å². The maximum Gasteiger partial charge on any atom is 0.274 e. The van der Waals surface area contributed by atoms with Crippen molar-refractivity contribution < 1.29 is 13.6 Å². The smallest absolute Gasteiger partial charge is 0.267 e. The second-order valence-corrected chi connectivity index (χ2v) is 8.09. The second kappa shape index (κ2) is 8.46. The van der Waals surface area contributed by atoms with Crippen LogP contribution in [0.5, 0.6) is 0 Å². The molecule has 1 fully saturated rings. The Bertz CT molecular complexity index is 1190. The molecule has 4 nitrogen and oxygen atoms in total. The summed E-state index contributed by atoms with van der Waals surface area (Å²) in [5.41, 5.74) is 4.16. The van der Waals surface area contributed by atoms with Crippen LogP contribution in [0.25, 0.3) is 6.08 Å². The van der Waals surface area contributed by atoms with Crippen LogP contribution in [0.1, 0.15) is 46.8 Å². The number of hydrazone groups is 1. The zero-order valence-corrected chi connectivity index (χ0v) is 17.3. The molecule has 1 aliphatic heterocycles. The number of halogens is 2. The van der Waals surface area contributed by atoms with Crippen molar-refractivity contribution in [3.8, 4) is 0 Å². The van der Waals surface area contributed by atoms with E-state index in [9.17, 15) is 13.6 Å². The first-order valence-corrected chi connectivity index (χ1v) is 10.6. The highest BCUT2D eigenvalue weighted by atomic mass is 19.1. The summed E-state index contributed by atoms with van der Waals surface area (Å²) < 4.78 is 26.9. The van der Waals surface area contributed by atoms with Gasteiger partial charge in [0.15, 0.2) is 0 Å². The average molecular weight is 429 g/mol. The molecule has 5 rings (SSSR count). The van der Waals surface area contributed by atoms with Gasteiger partial charge in [0.1, 0.15) is 11.6 Å². The summed E-state index contributed by atoms with van der Waals surface area (Å²) >= 11 is 0. The summed E-state index contributed by atoms with van der Waals surface area (Å²) in [7, 11) is 0. The highest BCUT2D eigenvalue weighted by Gasteiger charge is 2.43. The standard InChI is InChI=1S/C26H21F2N3O/c27-21-8-4-17(5-9-21)16-20-2-1-3-23-24(20)30-31(26(32)19-12-14-29-15-13-19)25(23)18-6-10-22(28)11-7-18/h4-16,23,25H,1-3H2/b20-16-/t23-,25+/m0/s1. The summed E-state index contributed by atoms with van der Waals surface area (Å²) in [4.78, 5) is 17.4. The van der Waals surface area contributed by atoms with Crippen LogP contribution in [-0.2, 0) is 0 Å². The van der Waals surface area contributed by atoms with Crippen LogP contribution in [0.2, 0.25) is 0 Å². The number of rotatable bonds is 3. The number of amides is 1. The van der Waals surface area contributed by atoms with E-state index in [2.05, 4.69) is 4.98 Å². The fourth-order valence-corrected chi connectivity index (χ4v) is 4.55. The van der Waals surface area contributed by atoms with E-state index in [1.165, 1.54) is 29.3 Å². The van der Waals surface area contributed by atoms with Gasteiger partial charge in [0.25, 0.3) is 5.91 Å². The molecule has 0 unspecified atom stereocenters. The van der Waals surface area contributed by atoms with E-state index in [0.717, 1.165) is 41.7 Å². The zero-order chi connectivity index (χ0) is 22.1. The van der Waals surface area contributed by atoms with Crippen LogP contribution in [0.4, 0.5) is 8.78 Å². The maximum atomic E-state index is 13.6. The minimum absolute atomic E-state index is 0.00620. The summed E-state index contributed by atoms with van der Waals surface area (Å²) in [5.74, 6) is -0.811. The molecule has 2 heterocycles. The Balaban J connectivity index is 1.57. The molecule has 2 atom stereocenters. The molecular formula is C26H21F2N3O. The van der Waals surface area contributed by atoms with Gasteiger partial charge in [-0.3, -0.25) is 9.78 Å². The van der Waals surface area contributed by atoms with E-state index in [0.29, 0.717) is 5.56 Å². The van der Waals surface area contributed by atoms with Crippen LogP contribution in [0.15, 0.2) is 83.7 Å². The Kier molecular flexibility index (Phi) is 5.35. The number of carbonyl (C=O) groups excluding carboxylic acids is 1. The van der Waals surface area contributed by atoms with Crippen molar-refractivity contribution in [1.82, 2.24) is 9.99 Å². The van der Waals surface area contributed by atoms with E-state index in [1.807, 2.05) is 6.08 Å². The first kappa shape index (κ1) is 20.2. The molecule has 1 aromatic heterocycles. The quantitative estimate of drug-likeness (QED) is 0.529. The molecule has 1 amide bonds. The minimum atomic E-state index is -0.319. The van der Waals surface area contributed by atoms with Gasteiger partial charge in [-0.25, -0.2) is 13.8 Å². The van der Waals surface area contributed by atoms with E-state index >= 15 is 0 Å². The van der Waals surface area contributed by atoms with Crippen molar-refractivity contribution >= 4 is 17.7 Å². The largest absolute Gasteiger partial charge is 0.274 e. The van der Waals surface area contributed by atoms with Gasteiger partial charge < -0.3 is 0 Å². The molecule has 2 aliphatic rings. The summed E-state index contributed by atoms with van der Waals surface area (Å²) in [6.07, 6.45) is 7.84. The number of hydrogen-bond donors (Lipinski definition) is 0. The van der Waals surface area contributed by atoms with Gasteiger partial charge in [-0.05, 0) is 78.4 Å². The summed E-state index contributed by atoms with van der Waals surface area (Å²) in [6.45, 7) is 0. The Labute approximate surface area is 184 Å². The van der Waals surface area contributed by atoms with Gasteiger partial charge in [-0.15, -0.1) is 0 Å².